The lowest BCUT2D eigenvalue weighted by atomic mass is 10.2. The Morgan fingerprint density at radius 1 is 1.00 bits per heavy atom. The summed E-state index contributed by atoms with van der Waals surface area (Å²) in [7, 11) is 0. The van der Waals surface area contributed by atoms with Crippen LogP contribution in [-0.2, 0) is 0 Å². The zero-order valence-corrected chi connectivity index (χ0v) is 11.0. The highest BCUT2D eigenvalue weighted by Gasteiger charge is 1.95. The first kappa shape index (κ1) is 13.7. The second-order valence-corrected chi connectivity index (χ2v) is 4.13. The van der Waals surface area contributed by atoms with Gasteiger partial charge in [-0.15, -0.1) is 0 Å². The number of rotatable bonds is 6. The SMILES string of the molecule is [N-]=[N+]=NCCC=Cc1ccc(Oc2ccccc2)cc1. The van der Waals surface area contributed by atoms with Crippen molar-refractivity contribution >= 4 is 6.08 Å². The standard InChI is InChI=1S/C16H15N3O/c17-19-18-13-5-4-6-14-9-11-16(12-10-14)20-15-7-2-1-3-8-15/h1-4,6-12H,5,13H2. The zero-order chi connectivity index (χ0) is 14.0. The van der Waals surface area contributed by atoms with E-state index >= 15 is 0 Å². The number of benzene rings is 2. The molecular formula is C16H15N3O. The molecule has 0 fully saturated rings. The Kier molecular flexibility index (Phi) is 5.26. The van der Waals surface area contributed by atoms with Crippen molar-refractivity contribution in [3.05, 3.63) is 76.7 Å². The Labute approximate surface area is 118 Å². The van der Waals surface area contributed by atoms with E-state index in [0.29, 0.717) is 6.54 Å². The molecule has 0 aliphatic carbocycles. The topological polar surface area (TPSA) is 58.0 Å². The highest BCUT2D eigenvalue weighted by molar-refractivity contribution is 5.50. The molecule has 0 heterocycles. The van der Waals surface area contributed by atoms with E-state index in [-0.39, 0.29) is 0 Å². The number of para-hydroxylation sites is 1. The summed E-state index contributed by atoms with van der Waals surface area (Å²) >= 11 is 0. The highest BCUT2D eigenvalue weighted by Crippen LogP contribution is 2.21. The molecule has 2 rings (SSSR count). The van der Waals surface area contributed by atoms with Crippen molar-refractivity contribution in [3.8, 4) is 11.5 Å². The van der Waals surface area contributed by atoms with Crippen molar-refractivity contribution in [2.45, 2.75) is 6.42 Å². The van der Waals surface area contributed by atoms with Crippen molar-refractivity contribution < 1.29 is 4.74 Å². The molecule has 4 nitrogen and oxygen atoms in total. The normalized spacial score (nSPS) is 10.2. The van der Waals surface area contributed by atoms with Gasteiger partial charge in [0.15, 0.2) is 0 Å². The van der Waals surface area contributed by atoms with Crippen LogP contribution >= 0.6 is 0 Å². The molecule has 0 saturated carbocycles. The van der Waals surface area contributed by atoms with Crippen molar-refractivity contribution in [2.75, 3.05) is 6.54 Å². The molecule has 100 valence electrons. The van der Waals surface area contributed by atoms with E-state index in [9.17, 15) is 0 Å². The molecule has 2 aromatic rings. The Balaban J connectivity index is 1.91. The summed E-state index contributed by atoms with van der Waals surface area (Å²) in [5, 5.41) is 3.47. The van der Waals surface area contributed by atoms with Gasteiger partial charge in [0.05, 0.1) is 0 Å². The lowest BCUT2D eigenvalue weighted by molar-refractivity contribution is 0.482. The number of hydrogen-bond donors (Lipinski definition) is 0. The molecule has 0 spiro atoms. The van der Waals surface area contributed by atoms with Crippen molar-refractivity contribution in [1.29, 1.82) is 0 Å². The number of azide groups is 1. The summed E-state index contributed by atoms with van der Waals surface area (Å²) in [6.07, 6.45) is 4.73. The Morgan fingerprint density at radius 3 is 2.40 bits per heavy atom. The molecule has 0 aromatic heterocycles. The van der Waals surface area contributed by atoms with Gasteiger partial charge in [-0.25, -0.2) is 0 Å². The third kappa shape index (κ3) is 4.52. The molecule has 0 saturated heterocycles. The van der Waals surface area contributed by atoms with Gasteiger partial charge in [0.1, 0.15) is 11.5 Å². The monoisotopic (exact) mass is 265 g/mol. The van der Waals surface area contributed by atoms with E-state index in [4.69, 9.17) is 10.3 Å². The summed E-state index contributed by atoms with van der Waals surface area (Å²) in [6, 6.07) is 17.5. The zero-order valence-electron chi connectivity index (χ0n) is 11.0. The van der Waals surface area contributed by atoms with E-state index in [1.54, 1.807) is 0 Å². The molecule has 4 heteroatoms. The van der Waals surface area contributed by atoms with Gasteiger partial charge in [0.25, 0.3) is 0 Å². The quantitative estimate of drug-likeness (QED) is 0.307. The van der Waals surface area contributed by atoms with Gasteiger partial charge >= 0.3 is 0 Å². The van der Waals surface area contributed by atoms with Crippen LogP contribution in [0.15, 0.2) is 65.8 Å². The number of hydrogen-bond acceptors (Lipinski definition) is 2. The minimum absolute atomic E-state index is 0.488. The second-order valence-electron chi connectivity index (χ2n) is 4.13. The third-order valence-electron chi connectivity index (χ3n) is 2.63. The van der Waals surface area contributed by atoms with E-state index in [2.05, 4.69) is 10.0 Å². The molecule has 2 aromatic carbocycles. The van der Waals surface area contributed by atoms with Crippen LogP contribution in [0.1, 0.15) is 12.0 Å². The lowest BCUT2D eigenvalue weighted by Gasteiger charge is -2.05. The van der Waals surface area contributed by atoms with Crippen LogP contribution < -0.4 is 4.74 Å². The van der Waals surface area contributed by atoms with Gasteiger partial charge in [-0.05, 0) is 41.8 Å². The van der Waals surface area contributed by atoms with Crippen molar-refractivity contribution in [2.24, 2.45) is 5.11 Å². The average molecular weight is 265 g/mol. The van der Waals surface area contributed by atoms with Gasteiger partial charge in [-0.1, -0.05) is 47.6 Å². The van der Waals surface area contributed by atoms with Crippen LogP contribution in [0.4, 0.5) is 0 Å². The van der Waals surface area contributed by atoms with Gasteiger partial charge in [0.2, 0.25) is 0 Å². The van der Waals surface area contributed by atoms with E-state index < -0.39 is 0 Å². The fourth-order valence-corrected chi connectivity index (χ4v) is 1.67. The molecule has 0 atom stereocenters. The lowest BCUT2D eigenvalue weighted by Crippen LogP contribution is -1.83. The van der Waals surface area contributed by atoms with Crippen LogP contribution in [0.25, 0.3) is 16.5 Å². The molecule has 0 N–H and O–H groups in total. The Hall–Kier alpha value is -2.71. The maximum absolute atomic E-state index is 8.15. The maximum atomic E-state index is 8.15. The maximum Gasteiger partial charge on any atom is 0.127 e. The summed E-state index contributed by atoms with van der Waals surface area (Å²) < 4.78 is 5.71. The smallest absolute Gasteiger partial charge is 0.127 e. The van der Waals surface area contributed by atoms with Gasteiger partial charge in [-0.2, -0.15) is 0 Å². The largest absolute Gasteiger partial charge is 0.457 e. The van der Waals surface area contributed by atoms with E-state index in [1.165, 1.54) is 0 Å². The van der Waals surface area contributed by atoms with Crippen LogP contribution in [-0.4, -0.2) is 6.54 Å². The molecule has 0 bridgehead atoms. The van der Waals surface area contributed by atoms with Crippen LogP contribution in [0.2, 0.25) is 0 Å². The van der Waals surface area contributed by atoms with Crippen LogP contribution in [0.5, 0.6) is 11.5 Å². The first-order chi connectivity index (χ1) is 9.88. The molecule has 20 heavy (non-hydrogen) atoms. The molecular weight excluding hydrogens is 250 g/mol. The van der Waals surface area contributed by atoms with Crippen LogP contribution in [0, 0.1) is 0 Å². The first-order valence-electron chi connectivity index (χ1n) is 6.39. The summed E-state index contributed by atoms with van der Waals surface area (Å²) in [5.74, 6) is 1.63. The molecule has 0 unspecified atom stereocenters. The predicted octanol–water partition coefficient (Wildman–Crippen LogP) is 5.19. The summed E-state index contributed by atoms with van der Waals surface area (Å²) in [4.78, 5) is 2.71. The number of nitrogens with zero attached hydrogens (tertiary/aromatic N) is 3. The molecule has 0 aliphatic heterocycles. The average Bonchev–Trinajstić information content (AvgIpc) is 2.50. The van der Waals surface area contributed by atoms with Crippen molar-refractivity contribution in [1.82, 2.24) is 0 Å². The third-order valence-corrected chi connectivity index (χ3v) is 2.63. The van der Waals surface area contributed by atoms with E-state index in [1.807, 2.05) is 66.7 Å². The van der Waals surface area contributed by atoms with Crippen molar-refractivity contribution in [3.63, 3.8) is 0 Å². The van der Waals surface area contributed by atoms with Gasteiger partial charge < -0.3 is 4.74 Å². The fraction of sp³-hybridized carbons (Fsp3) is 0.125. The highest BCUT2D eigenvalue weighted by atomic mass is 16.5. The minimum atomic E-state index is 0.488. The summed E-state index contributed by atoms with van der Waals surface area (Å²) in [6.45, 7) is 0.488. The molecule has 0 amide bonds. The van der Waals surface area contributed by atoms with Gasteiger partial charge in [0, 0.05) is 11.5 Å². The van der Waals surface area contributed by atoms with Crippen LogP contribution in [0.3, 0.4) is 0 Å². The predicted molar refractivity (Wildman–Crippen MR) is 80.6 cm³/mol. The number of ether oxygens (including phenoxy) is 1. The Morgan fingerprint density at radius 2 is 1.70 bits per heavy atom. The van der Waals surface area contributed by atoms with Gasteiger partial charge in [-0.3, -0.25) is 0 Å². The summed E-state index contributed by atoms with van der Waals surface area (Å²) in [5.41, 5.74) is 9.24. The second kappa shape index (κ2) is 7.67. The first-order valence-corrected chi connectivity index (χ1v) is 6.39. The van der Waals surface area contributed by atoms with E-state index in [0.717, 1.165) is 23.5 Å². The fourth-order valence-electron chi connectivity index (χ4n) is 1.67. The molecule has 0 radical (unpaired) electrons. The molecule has 0 aliphatic rings. The minimum Gasteiger partial charge on any atom is -0.457 e. The Bertz CT molecular complexity index is 599.